The quantitative estimate of drug-likeness (QED) is 0.615. The van der Waals surface area contributed by atoms with Gasteiger partial charge in [0.05, 0.1) is 6.20 Å². The van der Waals surface area contributed by atoms with Crippen molar-refractivity contribution in [1.82, 2.24) is 4.98 Å². The number of aromatic amines is 1. The average Bonchev–Trinajstić information content (AvgIpc) is 2.59. The molecule has 0 saturated heterocycles. The summed E-state index contributed by atoms with van der Waals surface area (Å²) in [6.45, 7) is 1.09. The third-order valence-electron chi connectivity index (χ3n) is 1.66. The minimum atomic E-state index is 1.09. The van der Waals surface area contributed by atoms with Crippen molar-refractivity contribution >= 4 is 5.82 Å². The first-order valence-corrected chi connectivity index (χ1v) is 3.45. The minimum absolute atomic E-state index is 1.09. The Kier molecular flexibility index (Phi) is 1.24. The number of rotatable bonds is 1. The van der Waals surface area contributed by atoms with Crippen LogP contribution in [0.4, 0.5) is 5.82 Å². The highest BCUT2D eigenvalue weighted by Crippen LogP contribution is 2.14. The first-order chi connectivity index (χ1) is 4.97. The summed E-state index contributed by atoms with van der Waals surface area (Å²) in [7, 11) is 0. The lowest BCUT2D eigenvalue weighted by Gasteiger charge is -2.11. The van der Waals surface area contributed by atoms with Crippen LogP contribution < -0.4 is 4.90 Å². The lowest BCUT2D eigenvalue weighted by atomic mass is 10.5. The standard InChI is InChI=1S/C8H9N2/c1-2-7-10(6-1)8-4-3-5-9-8/h1,3-4,6,9H,2,7H2. The SMILES string of the molecule is [c]1ccc(N2C=CCC2)[nH]1. The van der Waals surface area contributed by atoms with E-state index in [0.717, 1.165) is 18.8 Å². The van der Waals surface area contributed by atoms with E-state index in [2.05, 4.69) is 28.4 Å². The van der Waals surface area contributed by atoms with Crippen LogP contribution in [0.25, 0.3) is 0 Å². The summed E-state index contributed by atoms with van der Waals surface area (Å²) in [4.78, 5) is 5.21. The van der Waals surface area contributed by atoms with Crippen LogP contribution in [0.5, 0.6) is 0 Å². The number of aromatic nitrogens is 1. The van der Waals surface area contributed by atoms with Gasteiger partial charge in [0.25, 0.3) is 0 Å². The molecule has 2 nitrogen and oxygen atoms in total. The van der Waals surface area contributed by atoms with Crippen LogP contribution in [0.1, 0.15) is 6.42 Å². The molecule has 10 heavy (non-hydrogen) atoms. The molecule has 1 aromatic heterocycles. The van der Waals surface area contributed by atoms with Crippen molar-refractivity contribution in [2.75, 3.05) is 11.4 Å². The lowest BCUT2D eigenvalue weighted by Crippen LogP contribution is -2.11. The average molecular weight is 133 g/mol. The van der Waals surface area contributed by atoms with E-state index >= 15 is 0 Å². The first kappa shape index (κ1) is 5.59. The Morgan fingerprint density at radius 1 is 1.60 bits per heavy atom. The topological polar surface area (TPSA) is 19.0 Å². The highest BCUT2D eigenvalue weighted by Gasteiger charge is 2.05. The summed E-state index contributed by atoms with van der Waals surface area (Å²) in [5.41, 5.74) is 0. The van der Waals surface area contributed by atoms with Gasteiger partial charge < -0.3 is 9.88 Å². The predicted molar refractivity (Wildman–Crippen MR) is 40.7 cm³/mol. The van der Waals surface area contributed by atoms with Gasteiger partial charge in [-0.1, -0.05) is 6.08 Å². The summed E-state index contributed by atoms with van der Waals surface area (Å²) in [6, 6.07) is 3.91. The maximum atomic E-state index is 3.03. The monoisotopic (exact) mass is 133 g/mol. The van der Waals surface area contributed by atoms with Gasteiger partial charge in [-0.05, 0) is 18.6 Å². The lowest BCUT2D eigenvalue weighted by molar-refractivity contribution is 0.980. The van der Waals surface area contributed by atoms with E-state index in [1.165, 1.54) is 0 Å². The first-order valence-electron chi connectivity index (χ1n) is 3.45. The van der Waals surface area contributed by atoms with E-state index < -0.39 is 0 Å². The van der Waals surface area contributed by atoms with Gasteiger partial charge in [0.2, 0.25) is 0 Å². The summed E-state index contributed by atoms with van der Waals surface area (Å²) in [5.74, 6) is 1.13. The second-order valence-electron chi connectivity index (χ2n) is 2.35. The van der Waals surface area contributed by atoms with E-state index in [0.29, 0.717) is 0 Å². The molecule has 2 rings (SSSR count). The molecule has 0 fully saturated rings. The van der Waals surface area contributed by atoms with Gasteiger partial charge in [0.15, 0.2) is 0 Å². The van der Waals surface area contributed by atoms with Crippen LogP contribution in [0.15, 0.2) is 24.4 Å². The molecule has 0 aromatic carbocycles. The summed E-state index contributed by atoms with van der Waals surface area (Å²) in [6.07, 6.45) is 8.32. The van der Waals surface area contributed by atoms with Gasteiger partial charge in [-0.15, -0.1) is 0 Å². The molecule has 1 radical (unpaired) electrons. The molecule has 0 spiro atoms. The van der Waals surface area contributed by atoms with E-state index in [9.17, 15) is 0 Å². The fraction of sp³-hybridized carbons (Fsp3) is 0.250. The highest BCUT2D eigenvalue weighted by molar-refractivity contribution is 5.43. The Labute approximate surface area is 60.2 Å². The third-order valence-corrected chi connectivity index (χ3v) is 1.66. The molecule has 0 saturated carbocycles. The van der Waals surface area contributed by atoms with Gasteiger partial charge in [0, 0.05) is 12.7 Å². The van der Waals surface area contributed by atoms with Crippen LogP contribution >= 0.6 is 0 Å². The van der Waals surface area contributed by atoms with Crippen LogP contribution in [0.3, 0.4) is 0 Å². The zero-order valence-corrected chi connectivity index (χ0v) is 5.67. The molecule has 2 heteroatoms. The normalized spacial score (nSPS) is 16.6. The van der Waals surface area contributed by atoms with Gasteiger partial charge in [0.1, 0.15) is 5.82 Å². The Morgan fingerprint density at radius 2 is 2.60 bits per heavy atom. The highest BCUT2D eigenvalue weighted by atomic mass is 15.2. The molecule has 1 N–H and O–H groups in total. The number of hydrogen-bond acceptors (Lipinski definition) is 1. The second kappa shape index (κ2) is 2.21. The van der Waals surface area contributed by atoms with Crippen molar-refractivity contribution in [3.05, 3.63) is 30.6 Å². The summed E-state index contributed by atoms with van der Waals surface area (Å²) >= 11 is 0. The van der Waals surface area contributed by atoms with Gasteiger partial charge >= 0.3 is 0 Å². The molecule has 2 heterocycles. The molecule has 1 aliphatic rings. The zero-order valence-electron chi connectivity index (χ0n) is 5.67. The van der Waals surface area contributed by atoms with Crippen molar-refractivity contribution in [2.45, 2.75) is 6.42 Å². The molecule has 0 amide bonds. The number of nitrogens with one attached hydrogen (secondary N) is 1. The van der Waals surface area contributed by atoms with Crippen molar-refractivity contribution in [3.8, 4) is 0 Å². The molecule has 1 aromatic rings. The largest absolute Gasteiger partial charge is 0.340 e. The number of nitrogens with zero attached hydrogens (tertiary/aromatic N) is 1. The Bertz CT molecular complexity index is 223. The van der Waals surface area contributed by atoms with Crippen LogP contribution in [-0.2, 0) is 0 Å². The van der Waals surface area contributed by atoms with E-state index in [4.69, 9.17) is 0 Å². The molecule has 0 aliphatic carbocycles. The van der Waals surface area contributed by atoms with Crippen LogP contribution in [-0.4, -0.2) is 11.5 Å². The molecule has 0 unspecified atom stereocenters. The smallest absolute Gasteiger partial charge is 0.110 e. The predicted octanol–water partition coefficient (Wildman–Crippen LogP) is 1.54. The summed E-state index contributed by atoms with van der Waals surface area (Å²) in [5, 5.41) is 0. The molecule has 51 valence electrons. The maximum absolute atomic E-state index is 3.03. The fourth-order valence-corrected chi connectivity index (χ4v) is 1.14. The van der Waals surface area contributed by atoms with Crippen molar-refractivity contribution in [3.63, 3.8) is 0 Å². The van der Waals surface area contributed by atoms with Crippen molar-refractivity contribution in [1.29, 1.82) is 0 Å². The second-order valence-corrected chi connectivity index (χ2v) is 2.35. The van der Waals surface area contributed by atoms with Gasteiger partial charge in [-0.2, -0.15) is 0 Å². The molecule has 1 aliphatic heterocycles. The Hall–Kier alpha value is -1.18. The Morgan fingerprint density at radius 3 is 3.20 bits per heavy atom. The van der Waals surface area contributed by atoms with E-state index in [1.807, 2.05) is 12.1 Å². The Balaban J connectivity index is 2.20. The maximum Gasteiger partial charge on any atom is 0.110 e. The van der Waals surface area contributed by atoms with Crippen molar-refractivity contribution < 1.29 is 0 Å². The van der Waals surface area contributed by atoms with Crippen LogP contribution in [0.2, 0.25) is 0 Å². The molecule has 0 atom stereocenters. The zero-order chi connectivity index (χ0) is 6.81. The number of anilines is 1. The summed E-state index contributed by atoms with van der Waals surface area (Å²) < 4.78 is 0. The van der Waals surface area contributed by atoms with Crippen LogP contribution in [0, 0.1) is 6.20 Å². The molecular formula is C8H9N2. The van der Waals surface area contributed by atoms with E-state index in [1.54, 1.807) is 0 Å². The van der Waals surface area contributed by atoms with Gasteiger partial charge in [-0.25, -0.2) is 0 Å². The van der Waals surface area contributed by atoms with Crippen molar-refractivity contribution in [2.24, 2.45) is 0 Å². The van der Waals surface area contributed by atoms with E-state index in [-0.39, 0.29) is 0 Å². The third kappa shape index (κ3) is 0.817. The molecule has 0 bridgehead atoms. The minimum Gasteiger partial charge on any atom is -0.340 e. The fourth-order valence-electron chi connectivity index (χ4n) is 1.14. The number of hydrogen-bond donors (Lipinski definition) is 1. The number of H-pyrrole nitrogens is 1. The molecular weight excluding hydrogens is 124 g/mol. The van der Waals surface area contributed by atoms with Gasteiger partial charge in [-0.3, -0.25) is 0 Å².